The zero-order valence-corrected chi connectivity index (χ0v) is 10.5. The second-order valence-corrected chi connectivity index (χ2v) is 4.32. The van der Waals surface area contributed by atoms with Crippen LogP contribution in [-0.2, 0) is 11.3 Å². The Kier molecular flexibility index (Phi) is 3.29. The van der Waals surface area contributed by atoms with Crippen LogP contribution in [0.4, 0.5) is 4.79 Å². The molecule has 1 aliphatic rings. The average molecular weight is 282 g/mol. The second-order valence-electron chi connectivity index (χ2n) is 3.46. The van der Waals surface area contributed by atoms with Crippen molar-refractivity contribution in [2.24, 2.45) is 0 Å². The van der Waals surface area contributed by atoms with Gasteiger partial charge in [-0.2, -0.15) is 0 Å². The minimum Gasteiger partial charge on any atom is -0.449 e. The smallest absolute Gasteiger partial charge is 0.414 e. The zero-order chi connectivity index (χ0) is 11.5. The lowest BCUT2D eigenvalue weighted by molar-refractivity contribution is 0.120. The van der Waals surface area contributed by atoms with E-state index in [0.717, 1.165) is 15.6 Å². The number of hydrogen-bond donors (Lipinski definition) is 0. The summed E-state index contributed by atoms with van der Waals surface area (Å²) in [7, 11) is 0. The molecule has 0 saturated carbocycles. The fourth-order valence-electron chi connectivity index (χ4n) is 1.65. The minimum atomic E-state index is -0.311. The normalized spacial score (nSPS) is 14.1. The van der Waals surface area contributed by atoms with E-state index in [1.165, 1.54) is 0 Å². The number of hydrogen-bond acceptors (Lipinski definition) is 2. The summed E-state index contributed by atoms with van der Waals surface area (Å²) >= 11 is 3.46. The van der Waals surface area contributed by atoms with Gasteiger partial charge < -0.3 is 4.74 Å². The lowest BCUT2D eigenvalue weighted by Crippen LogP contribution is -2.28. The molecule has 16 heavy (non-hydrogen) atoms. The molecule has 1 aromatic carbocycles. The van der Waals surface area contributed by atoms with Crippen molar-refractivity contribution in [3.8, 4) is 0 Å². The molecule has 0 unspecified atom stereocenters. The molecular weight excluding hydrogens is 270 g/mol. The van der Waals surface area contributed by atoms with Gasteiger partial charge in [-0.05, 0) is 34.0 Å². The summed E-state index contributed by atoms with van der Waals surface area (Å²) in [6.07, 6.45) is 1.45. The Labute approximate surface area is 103 Å². The Hall–Kier alpha value is -1.29. The molecule has 1 amide bonds. The molecule has 1 heterocycles. The molecule has 0 saturated heterocycles. The van der Waals surface area contributed by atoms with Crippen LogP contribution in [0.15, 0.2) is 30.5 Å². The number of amides is 1. The van der Waals surface area contributed by atoms with Gasteiger partial charge in [0.1, 0.15) is 0 Å². The molecule has 3 nitrogen and oxygen atoms in total. The molecule has 0 spiro atoms. The van der Waals surface area contributed by atoms with Crippen molar-refractivity contribution in [3.63, 3.8) is 0 Å². The number of rotatable bonds is 1. The van der Waals surface area contributed by atoms with Gasteiger partial charge in [0.15, 0.2) is 0 Å². The van der Waals surface area contributed by atoms with Crippen molar-refractivity contribution >= 4 is 26.5 Å². The number of ether oxygens (including phenoxy) is 1. The third kappa shape index (κ3) is 2.11. The van der Waals surface area contributed by atoms with Crippen LogP contribution in [0.5, 0.6) is 0 Å². The van der Waals surface area contributed by atoms with Gasteiger partial charge >= 0.3 is 6.09 Å². The van der Waals surface area contributed by atoms with E-state index in [-0.39, 0.29) is 6.09 Å². The molecule has 0 radical (unpaired) electrons. The van der Waals surface area contributed by atoms with Crippen molar-refractivity contribution in [2.45, 2.75) is 13.5 Å². The van der Waals surface area contributed by atoms with Crippen molar-refractivity contribution in [2.75, 3.05) is 6.61 Å². The first kappa shape index (κ1) is 11.2. The summed E-state index contributed by atoms with van der Waals surface area (Å²) in [5.74, 6) is 0. The number of halogens is 1. The first-order valence-corrected chi connectivity index (χ1v) is 5.90. The van der Waals surface area contributed by atoms with Gasteiger partial charge in [-0.25, -0.2) is 4.79 Å². The van der Waals surface area contributed by atoms with Gasteiger partial charge in [0.05, 0.1) is 13.2 Å². The molecule has 0 bridgehead atoms. The van der Waals surface area contributed by atoms with Gasteiger partial charge in [0, 0.05) is 10.7 Å². The largest absolute Gasteiger partial charge is 0.449 e. The van der Waals surface area contributed by atoms with Crippen LogP contribution in [0.2, 0.25) is 0 Å². The maximum absolute atomic E-state index is 11.6. The van der Waals surface area contributed by atoms with Crippen molar-refractivity contribution in [1.29, 1.82) is 0 Å². The number of carbonyl (C=O) groups excluding carboxylic acids is 1. The van der Waals surface area contributed by atoms with E-state index in [2.05, 4.69) is 15.9 Å². The van der Waals surface area contributed by atoms with Crippen LogP contribution in [0.3, 0.4) is 0 Å². The number of fused-ring (bicyclic) bond motifs is 1. The van der Waals surface area contributed by atoms with Crippen LogP contribution in [0, 0.1) is 0 Å². The van der Waals surface area contributed by atoms with Gasteiger partial charge in [0.2, 0.25) is 0 Å². The Balaban J connectivity index is 2.26. The highest BCUT2D eigenvalue weighted by atomic mass is 79.9. The molecule has 0 N–H and O–H groups in total. The second kappa shape index (κ2) is 4.70. The van der Waals surface area contributed by atoms with Crippen LogP contribution >= 0.6 is 15.9 Å². The molecule has 2 rings (SSSR count). The standard InChI is InChI=1S/C12H12BrNO2/c1-2-16-12(15)14-7-9-5-3-4-6-10(9)11(13)8-14/h3-6,8H,2,7H2,1H3. The highest BCUT2D eigenvalue weighted by Gasteiger charge is 2.20. The fraction of sp³-hybridized carbons (Fsp3) is 0.250. The summed E-state index contributed by atoms with van der Waals surface area (Å²) in [4.78, 5) is 13.2. The lowest BCUT2D eigenvalue weighted by atomic mass is 10.0. The molecule has 1 aromatic rings. The van der Waals surface area contributed by atoms with Crippen LogP contribution in [-0.4, -0.2) is 17.6 Å². The molecular formula is C12H12BrNO2. The highest BCUT2D eigenvalue weighted by Crippen LogP contribution is 2.30. The summed E-state index contributed by atoms with van der Waals surface area (Å²) in [6, 6.07) is 7.98. The summed E-state index contributed by atoms with van der Waals surface area (Å²) < 4.78 is 5.87. The van der Waals surface area contributed by atoms with Gasteiger partial charge in [0.25, 0.3) is 0 Å². The van der Waals surface area contributed by atoms with Crippen molar-refractivity contribution in [3.05, 3.63) is 41.6 Å². The van der Waals surface area contributed by atoms with E-state index in [4.69, 9.17) is 4.74 Å². The van der Waals surface area contributed by atoms with Gasteiger partial charge in [-0.1, -0.05) is 24.3 Å². The van der Waals surface area contributed by atoms with Crippen LogP contribution in [0.1, 0.15) is 18.1 Å². The maximum atomic E-state index is 11.6. The molecule has 84 valence electrons. The van der Waals surface area contributed by atoms with E-state index >= 15 is 0 Å². The molecule has 1 aliphatic heterocycles. The summed E-state index contributed by atoms with van der Waals surface area (Å²) in [5.41, 5.74) is 2.24. The van der Waals surface area contributed by atoms with E-state index < -0.39 is 0 Å². The predicted octanol–water partition coefficient (Wildman–Crippen LogP) is 3.35. The quantitative estimate of drug-likeness (QED) is 0.790. The molecule has 4 heteroatoms. The first-order valence-electron chi connectivity index (χ1n) is 5.11. The third-order valence-corrected chi connectivity index (χ3v) is 3.02. The van der Waals surface area contributed by atoms with E-state index in [1.807, 2.05) is 24.3 Å². The van der Waals surface area contributed by atoms with Gasteiger partial charge in [-0.3, -0.25) is 4.90 Å². The zero-order valence-electron chi connectivity index (χ0n) is 8.94. The average Bonchev–Trinajstić information content (AvgIpc) is 2.29. The van der Waals surface area contributed by atoms with E-state index in [1.54, 1.807) is 18.0 Å². The molecule has 0 aromatic heterocycles. The van der Waals surface area contributed by atoms with Crippen LogP contribution < -0.4 is 0 Å². The molecule has 0 atom stereocenters. The highest BCUT2D eigenvalue weighted by molar-refractivity contribution is 9.15. The Morgan fingerprint density at radius 3 is 3.00 bits per heavy atom. The summed E-state index contributed by atoms with van der Waals surface area (Å²) in [5, 5.41) is 0. The minimum absolute atomic E-state index is 0.311. The molecule has 0 aliphatic carbocycles. The predicted molar refractivity (Wildman–Crippen MR) is 65.9 cm³/mol. The maximum Gasteiger partial charge on any atom is 0.414 e. The topological polar surface area (TPSA) is 29.5 Å². The molecule has 0 fully saturated rings. The van der Waals surface area contributed by atoms with Crippen LogP contribution in [0.25, 0.3) is 4.48 Å². The Bertz CT molecular complexity index is 442. The van der Waals surface area contributed by atoms with E-state index in [0.29, 0.717) is 13.2 Å². The first-order chi connectivity index (χ1) is 7.72. The van der Waals surface area contributed by atoms with Gasteiger partial charge in [-0.15, -0.1) is 0 Å². The van der Waals surface area contributed by atoms with E-state index in [9.17, 15) is 4.79 Å². The monoisotopic (exact) mass is 281 g/mol. The SMILES string of the molecule is CCOC(=O)N1C=C(Br)c2ccccc2C1. The number of nitrogens with zero attached hydrogens (tertiary/aromatic N) is 1. The Morgan fingerprint density at radius 2 is 2.25 bits per heavy atom. The van der Waals surface area contributed by atoms with Crippen molar-refractivity contribution < 1.29 is 9.53 Å². The summed E-state index contributed by atoms with van der Waals surface area (Å²) in [6.45, 7) is 2.75. The lowest BCUT2D eigenvalue weighted by Gasteiger charge is -2.24. The number of carbonyl (C=O) groups is 1. The Morgan fingerprint density at radius 1 is 1.50 bits per heavy atom. The third-order valence-electron chi connectivity index (χ3n) is 2.39. The van der Waals surface area contributed by atoms with Crippen molar-refractivity contribution in [1.82, 2.24) is 4.90 Å². The fourth-order valence-corrected chi connectivity index (χ4v) is 2.28. The number of benzene rings is 1.